The second-order valence-electron chi connectivity index (χ2n) is 4.55. The van der Waals surface area contributed by atoms with E-state index in [1.165, 1.54) is 0 Å². The van der Waals surface area contributed by atoms with Gasteiger partial charge in [0.25, 0.3) is 0 Å². The van der Waals surface area contributed by atoms with E-state index in [0.29, 0.717) is 17.9 Å². The van der Waals surface area contributed by atoms with Gasteiger partial charge in [-0.05, 0) is 38.5 Å². The summed E-state index contributed by atoms with van der Waals surface area (Å²) in [4.78, 5) is 17.1. The van der Waals surface area contributed by atoms with E-state index in [0.717, 1.165) is 25.7 Å². The fraction of sp³-hybridized carbons (Fsp3) is 1.00. The van der Waals surface area contributed by atoms with Gasteiger partial charge in [-0.3, -0.25) is 4.52 Å². The maximum Gasteiger partial charge on any atom is 0.469 e. The largest absolute Gasteiger partial charge is 0.469 e. The molecule has 1 unspecified atom stereocenters. The number of phosphoric acid groups is 1. The molecule has 0 heterocycles. The molecular weight excluding hydrogens is 267 g/mol. The Bertz CT molecular complexity index is 261. The van der Waals surface area contributed by atoms with Gasteiger partial charge in [0.05, 0.1) is 12.7 Å². The minimum absolute atomic E-state index is 0.0882. The fourth-order valence-electron chi connectivity index (χ4n) is 1.84. The van der Waals surface area contributed by atoms with Crippen molar-refractivity contribution in [2.24, 2.45) is 5.92 Å². The molecule has 102 valence electrons. The topological polar surface area (TPSA) is 76.0 Å². The third kappa shape index (κ3) is 7.39. The van der Waals surface area contributed by atoms with Crippen molar-refractivity contribution in [2.45, 2.75) is 44.1 Å². The van der Waals surface area contributed by atoms with Gasteiger partial charge in [-0.1, -0.05) is 0 Å². The SMILES string of the molecule is CC(COP(=O)(O)O)OCC1CCC(Cl)CC1. The average molecular weight is 287 g/mol. The lowest BCUT2D eigenvalue weighted by atomic mass is 9.89. The molecule has 1 rings (SSSR count). The summed E-state index contributed by atoms with van der Waals surface area (Å²) in [5, 5.41) is 0.293. The summed E-state index contributed by atoms with van der Waals surface area (Å²) in [5.74, 6) is 0.502. The molecule has 17 heavy (non-hydrogen) atoms. The van der Waals surface area contributed by atoms with Crippen LogP contribution in [0.5, 0.6) is 0 Å². The summed E-state index contributed by atoms with van der Waals surface area (Å²) in [7, 11) is -4.38. The van der Waals surface area contributed by atoms with Crippen molar-refractivity contribution in [2.75, 3.05) is 13.2 Å². The Labute approximate surface area is 107 Å². The molecule has 5 nitrogen and oxygen atoms in total. The molecule has 0 aromatic carbocycles. The van der Waals surface area contributed by atoms with Crippen molar-refractivity contribution in [3.63, 3.8) is 0 Å². The van der Waals surface area contributed by atoms with Crippen molar-refractivity contribution in [1.82, 2.24) is 0 Å². The van der Waals surface area contributed by atoms with Crippen LogP contribution < -0.4 is 0 Å². The highest BCUT2D eigenvalue weighted by Gasteiger charge is 2.21. The summed E-state index contributed by atoms with van der Waals surface area (Å²) in [5.41, 5.74) is 0. The van der Waals surface area contributed by atoms with Crippen LogP contribution in [-0.2, 0) is 13.8 Å². The van der Waals surface area contributed by atoms with Crippen molar-refractivity contribution in [3.8, 4) is 0 Å². The van der Waals surface area contributed by atoms with Crippen LogP contribution in [0.3, 0.4) is 0 Å². The molecule has 0 spiro atoms. The van der Waals surface area contributed by atoms with Gasteiger partial charge in [-0.15, -0.1) is 11.6 Å². The van der Waals surface area contributed by atoms with E-state index < -0.39 is 7.82 Å². The zero-order valence-electron chi connectivity index (χ0n) is 9.92. The molecular formula is C10H20ClO5P. The van der Waals surface area contributed by atoms with Crippen LogP contribution in [0.1, 0.15) is 32.6 Å². The molecule has 1 atom stereocenters. The number of ether oxygens (including phenoxy) is 1. The van der Waals surface area contributed by atoms with Crippen molar-refractivity contribution in [1.29, 1.82) is 0 Å². The lowest BCUT2D eigenvalue weighted by Gasteiger charge is -2.26. The Morgan fingerprint density at radius 3 is 2.47 bits per heavy atom. The minimum atomic E-state index is -4.38. The smallest absolute Gasteiger partial charge is 0.376 e. The second kappa shape index (κ2) is 7.07. The Hall–Kier alpha value is 0.360. The average Bonchev–Trinajstić information content (AvgIpc) is 2.25. The zero-order chi connectivity index (χ0) is 12.9. The molecule has 0 bridgehead atoms. The second-order valence-corrected chi connectivity index (χ2v) is 6.40. The van der Waals surface area contributed by atoms with Gasteiger partial charge in [-0.2, -0.15) is 0 Å². The van der Waals surface area contributed by atoms with Crippen LogP contribution in [0, 0.1) is 5.92 Å². The highest BCUT2D eigenvalue weighted by Crippen LogP contribution is 2.36. The van der Waals surface area contributed by atoms with Crippen LogP contribution in [0.4, 0.5) is 0 Å². The van der Waals surface area contributed by atoms with Gasteiger partial charge < -0.3 is 14.5 Å². The predicted octanol–water partition coefficient (Wildman–Crippen LogP) is 2.30. The molecule has 0 aliphatic heterocycles. The summed E-state index contributed by atoms with van der Waals surface area (Å²) < 4.78 is 20.3. The van der Waals surface area contributed by atoms with Gasteiger partial charge in [0, 0.05) is 12.0 Å². The van der Waals surface area contributed by atoms with Gasteiger partial charge in [0.2, 0.25) is 0 Å². The van der Waals surface area contributed by atoms with Gasteiger partial charge in [0.15, 0.2) is 0 Å². The van der Waals surface area contributed by atoms with E-state index in [4.69, 9.17) is 26.1 Å². The van der Waals surface area contributed by atoms with E-state index in [1.54, 1.807) is 6.92 Å². The Morgan fingerprint density at radius 2 is 1.94 bits per heavy atom. The molecule has 2 N–H and O–H groups in total. The molecule has 7 heteroatoms. The first kappa shape index (κ1) is 15.4. The van der Waals surface area contributed by atoms with Crippen molar-refractivity contribution >= 4 is 19.4 Å². The van der Waals surface area contributed by atoms with Gasteiger partial charge >= 0.3 is 7.82 Å². The van der Waals surface area contributed by atoms with E-state index in [9.17, 15) is 4.57 Å². The first-order valence-corrected chi connectivity index (χ1v) is 7.79. The van der Waals surface area contributed by atoms with Gasteiger partial charge in [0.1, 0.15) is 0 Å². The minimum Gasteiger partial charge on any atom is -0.376 e. The first-order valence-electron chi connectivity index (χ1n) is 5.82. The molecule has 0 amide bonds. The third-order valence-electron chi connectivity index (χ3n) is 2.87. The molecule has 0 saturated heterocycles. The predicted molar refractivity (Wildman–Crippen MR) is 65.0 cm³/mol. The number of hydrogen-bond donors (Lipinski definition) is 2. The monoisotopic (exact) mass is 286 g/mol. The maximum atomic E-state index is 10.5. The fourth-order valence-corrected chi connectivity index (χ4v) is 2.50. The molecule has 0 aromatic heterocycles. The van der Waals surface area contributed by atoms with Crippen LogP contribution in [0.15, 0.2) is 0 Å². The standard InChI is InChI=1S/C10H20ClO5P/c1-8(6-16-17(12,13)14)15-7-9-2-4-10(11)5-3-9/h8-10H,2-7H2,1H3,(H2,12,13,14). The molecule has 1 aliphatic carbocycles. The maximum absolute atomic E-state index is 10.5. The Kier molecular flexibility index (Phi) is 6.41. The summed E-state index contributed by atoms with van der Waals surface area (Å²) in [6.45, 7) is 2.26. The van der Waals surface area contributed by atoms with Crippen molar-refractivity contribution in [3.05, 3.63) is 0 Å². The Balaban J connectivity index is 2.11. The van der Waals surface area contributed by atoms with E-state index in [2.05, 4.69) is 4.52 Å². The number of alkyl halides is 1. The van der Waals surface area contributed by atoms with Crippen LogP contribution >= 0.6 is 19.4 Å². The highest BCUT2D eigenvalue weighted by molar-refractivity contribution is 7.46. The number of hydrogen-bond acceptors (Lipinski definition) is 3. The van der Waals surface area contributed by atoms with Gasteiger partial charge in [-0.25, -0.2) is 4.57 Å². The molecule has 0 aromatic rings. The quantitative estimate of drug-likeness (QED) is 0.579. The third-order valence-corrected chi connectivity index (χ3v) is 3.79. The zero-order valence-corrected chi connectivity index (χ0v) is 11.6. The first-order chi connectivity index (χ1) is 7.87. The van der Waals surface area contributed by atoms with Crippen LogP contribution in [0.2, 0.25) is 0 Å². The molecule has 1 saturated carbocycles. The lowest BCUT2D eigenvalue weighted by molar-refractivity contribution is -0.0000538. The highest BCUT2D eigenvalue weighted by atomic mass is 35.5. The number of halogens is 1. The summed E-state index contributed by atoms with van der Waals surface area (Å²) >= 11 is 6.00. The molecule has 1 fully saturated rings. The normalized spacial score (nSPS) is 28.0. The van der Waals surface area contributed by atoms with Crippen LogP contribution in [-0.4, -0.2) is 34.5 Å². The Morgan fingerprint density at radius 1 is 1.35 bits per heavy atom. The molecule has 1 aliphatic rings. The summed E-state index contributed by atoms with van der Waals surface area (Å²) in [6, 6.07) is 0. The van der Waals surface area contributed by atoms with Crippen molar-refractivity contribution < 1.29 is 23.6 Å². The van der Waals surface area contributed by atoms with E-state index in [1.807, 2.05) is 0 Å². The lowest BCUT2D eigenvalue weighted by Crippen LogP contribution is -2.23. The van der Waals surface area contributed by atoms with E-state index in [-0.39, 0.29) is 12.7 Å². The van der Waals surface area contributed by atoms with Crippen LogP contribution in [0.25, 0.3) is 0 Å². The number of phosphoric ester groups is 1. The summed E-state index contributed by atoms with van der Waals surface area (Å²) in [6.07, 6.45) is 3.84. The molecule has 0 radical (unpaired) electrons. The number of rotatable bonds is 6. The van der Waals surface area contributed by atoms with E-state index >= 15 is 0 Å².